The molecule has 1 saturated heterocycles. The van der Waals surface area contributed by atoms with Crippen molar-refractivity contribution < 1.29 is 13.5 Å². The van der Waals surface area contributed by atoms with E-state index in [9.17, 15) is 13.5 Å². The van der Waals surface area contributed by atoms with E-state index in [1.54, 1.807) is 0 Å². The maximum atomic E-state index is 11.5. The Hall–Kier alpha value is -0.950. The Bertz CT molecular complexity index is 553. The Labute approximate surface area is 112 Å². The van der Waals surface area contributed by atoms with Crippen molar-refractivity contribution in [3.63, 3.8) is 0 Å². The summed E-state index contributed by atoms with van der Waals surface area (Å²) < 4.78 is 25.1. The van der Waals surface area contributed by atoms with Gasteiger partial charge in [0.2, 0.25) is 0 Å². The standard InChI is InChI=1S/C12H19N3O3S/c16-8-9-1-4-15-11(7-9)13-14-12(15)10-2-5-19(17,18)6-3-10/h9-10,16H,1-8H2. The van der Waals surface area contributed by atoms with Crippen LogP contribution in [0.4, 0.5) is 0 Å². The Balaban J connectivity index is 1.79. The summed E-state index contributed by atoms with van der Waals surface area (Å²) >= 11 is 0. The summed E-state index contributed by atoms with van der Waals surface area (Å²) in [7, 11) is -2.83. The number of hydrogen-bond donors (Lipinski definition) is 1. The highest BCUT2D eigenvalue weighted by atomic mass is 32.2. The zero-order valence-electron chi connectivity index (χ0n) is 10.8. The second-order valence-electron chi connectivity index (χ2n) is 5.59. The molecular formula is C12H19N3O3S. The molecule has 1 fully saturated rings. The molecule has 6 nitrogen and oxygen atoms in total. The number of rotatable bonds is 2. The van der Waals surface area contributed by atoms with Crippen molar-refractivity contribution in [3.8, 4) is 0 Å². The molecule has 0 aliphatic carbocycles. The smallest absolute Gasteiger partial charge is 0.150 e. The predicted molar refractivity (Wildman–Crippen MR) is 69.5 cm³/mol. The molecule has 0 radical (unpaired) electrons. The van der Waals surface area contributed by atoms with Gasteiger partial charge in [-0.3, -0.25) is 0 Å². The molecule has 0 bridgehead atoms. The molecule has 1 atom stereocenters. The lowest BCUT2D eigenvalue weighted by Crippen LogP contribution is -2.27. The van der Waals surface area contributed by atoms with E-state index >= 15 is 0 Å². The summed E-state index contributed by atoms with van der Waals surface area (Å²) in [6.07, 6.45) is 3.03. The van der Waals surface area contributed by atoms with Gasteiger partial charge in [-0.25, -0.2) is 8.42 Å². The van der Waals surface area contributed by atoms with Crippen LogP contribution < -0.4 is 0 Å². The van der Waals surface area contributed by atoms with E-state index < -0.39 is 9.84 Å². The summed E-state index contributed by atoms with van der Waals surface area (Å²) in [6, 6.07) is 0. The number of sulfone groups is 1. The summed E-state index contributed by atoms with van der Waals surface area (Å²) in [6.45, 7) is 1.04. The third kappa shape index (κ3) is 2.53. The van der Waals surface area contributed by atoms with Crippen molar-refractivity contribution in [2.75, 3.05) is 18.1 Å². The first-order chi connectivity index (χ1) is 9.09. The maximum Gasteiger partial charge on any atom is 0.150 e. The molecular weight excluding hydrogens is 266 g/mol. The maximum absolute atomic E-state index is 11.5. The Morgan fingerprint density at radius 3 is 2.63 bits per heavy atom. The van der Waals surface area contributed by atoms with Crippen LogP contribution in [0.1, 0.15) is 36.8 Å². The van der Waals surface area contributed by atoms with E-state index in [4.69, 9.17) is 0 Å². The highest BCUT2D eigenvalue weighted by Crippen LogP contribution is 2.30. The Morgan fingerprint density at radius 1 is 1.21 bits per heavy atom. The number of hydrogen-bond acceptors (Lipinski definition) is 5. The van der Waals surface area contributed by atoms with Gasteiger partial charge in [0.05, 0.1) is 11.5 Å². The van der Waals surface area contributed by atoms with Gasteiger partial charge in [0.25, 0.3) is 0 Å². The second kappa shape index (κ2) is 4.86. The molecule has 0 spiro atoms. The number of aliphatic hydroxyl groups excluding tert-OH is 1. The lowest BCUT2D eigenvalue weighted by Gasteiger charge is -2.26. The van der Waals surface area contributed by atoms with Crippen molar-refractivity contribution >= 4 is 9.84 Å². The van der Waals surface area contributed by atoms with E-state index in [-0.39, 0.29) is 29.9 Å². The number of aliphatic hydroxyl groups is 1. The van der Waals surface area contributed by atoms with Gasteiger partial charge in [-0.2, -0.15) is 0 Å². The van der Waals surface area contributed by atoms with Gasteiger partial charge in [-0.15, -0.1) is 10.2 Å². The molecule has 1 aromatic rings. The minimum absolute atomic E-state index is 0.198. The summed E-state index contributed by atoms with van der Waals surface area (Å²) in [4.78, 5) is 0. The molecule has 3 heterocycles. The molecule has 7 heteroatoms. The average molecular weight is 285 g/mol. The highest BCUT2D eigenvalue weighted by Gasteiger charge is 2.30. The first-order valence-corrected chi connectivity index (χ1v) is 8.64. The fourth-order valence-electron chi connectivity index (χ4n) is 3.02. The van der Waals surface area contributed by atoms with Gasteiger partial charge >= 0.3 is 0 Å². The minimum atomic E-state index is -2.83. The molecule has 1 unspecified atom stereocenters. The molecule has 19 heavy (non-hydrogen) atoms. The first kappa shape index (κ1) is 13.1. The van der Waals surface area contributed by atoms with Crippen LogP contribution in [0.25, 0.3) is 0 Å². The van der Waals surface area contributed by atoms with Crippen LogP contribution in [0.3, 0.4) is 0 Å². The molecule has 0 aromatic carbocycles. The zero-order chi connectivity index (χ0) is 13.5. The lowest BCUT2D eigenvalue weighted by atomic mass is 9.97. The molecule has 3 rings (SSSR count). The van der Waals surface area contributed by atoms with Gasteiger partial charge in [0, 0.05) is 25.5 Å². The average Bonchev–Trinajstić information content (AvgIpc) is 2.81. The molecule has 0 amide bonds. The fourth-order valence-corrected chi connectivity index (χ4v) is 4.51. The van der Waals surface area contributed by atoms with Crippen molar-refractivity contribution in [1.29, 1.82) is 0 Å². The predicted octanol–water partition coefficient (Wildman–Crippen LogP) is 0.125. The zero-order valence-corrected chi connectivity index (χ0v) is 11.6. The van der Waals surface area contributed by atoms with Crippen LogP contribution in [-0.2, 0) is 22.8 Å². The normalized spacial score (nSPS) is 27.1. The summed E-state index contributed by atoms with van der Waals surface area (Å²) in [5.74, 6) is 2.92. The number of aromatic nitrogens is 3. The third-order valence-corrected chi connectivity index (χ3v) is 5.98. The van der Waals surface area contributed by atoms with Crippen LogP contribution in [-0.4, -0.2) is 46.4 Å². The van der Waals surface area contributed by atoms with Gasteiger partial charge < -0.3 is 9.67 Å². The van der Waals surface area contributed by atoms with E-state index in [0.29, 0.717) is 12.8 Å². The molecule has 1 aromatic heterocycles. The second-order valence-corrected chi connectivity index (χ2v) is 7.90. The van der Waals surface area contributed by atoms with E-state index in [1.165, 1.54) is 0 Å². The summed E-state index contributed by atoms with van der Waals surface area (Å²) in [5.41, 5.74) is 0. The Kier molecular flexibility index (Phi) is 3.34. The van der Waals surface area contributed by atoms with Gasteiger partial charge in [-0.05, 0) is 25.2 Å². The molecule has 2 aliphatic rings. The van der Waals surface area contributed by atoms with E-state index in [0.717, 1.165) is 31.0 Å². The van der Waals surface area contributed by atoms with Gasteiger partial charge in [0.1, 0.15) is 21.5 Å². The fraction of sp³-hybridized carbons (Fsp3) is 0.833. The van der Waals surface area contributed by atoms with E-state index in [2.05, 4.69) is 14.8 Å². The van der Waals surface area contributed by atoms with Crippen LogP contribution in [0, 0.1) is 5.92 Å². The SMILES string of the molecule is O=S1(=O)CCC(c2nnc3n2CCC(CO)C3)CC1. The van der Waals surface area contributed by atoms with Crippen LogP contribution in [0.2, 0.25) is 0 Å². The topological polar surface area (TPSA) is 85.1 Å². The quantitative estimate of drug-likeness (QED) is 0.834. The molecule has 1 N–H and O–H groups in total. The Morgan fingerprint density at radius 2 is 1.95 bits per heavy atom. The van der Waals surface area contributed by atoms with Crippen LogP contribution in [0.5, 0.6) is 0 Å². The largest absolute Gasteiger partial charge is 0.396 e. The lowest BCUT2D eigenvalue weighted by molar-refractivity contribution is 0.198. The molecule has 106 valence electrons. The number of nitrogens with zero attached hydrogens (tertiary/aromatic N) is 3. The monoisotopic (exact) mass is 285 g/mol. The molecule has 0 saturated carbocycles. The van der Waals surface area contributed by atoms with Gasteiger partial charge in [0.15, 0.2) is 0 Å². The minimum Gasteiger partial charge on any atom is -0.396 e. The van der Waals surface area contributed by atoms with Crippen molar-refractivity contribution in [2.45, 2.75) is 38.1 Å². The van der Waals surface area contributed by atoms with Crippen LogP contribution >= 0.6 is 0 Å². The third-order valence-electron chi connectivity index (χ3n) is 4.27. The highest BCUT2D eigenvalue weighted by molar-refractivity contribution is 7.91. The number of fused-ring (bicyclic) bond motifs is 1. The van der Waals surface area contributed by atoms with Crippen molar-refractivity contribution in [3.05, 3.63) is 11.6 Å². The van der Waals surface area contributed by atoms with E-state index in [1.807, 2.05) is 0 Å². The van der Waals surface area contributed by atoms with Crippen LogP contribution in [0.15, 0.2) is 0 Å². The molecule has 2 aliphatic heterocycles. The van der Waals surface area contributed by atoms with Crippen molar-refractivity contribution in [1.82, 2.24) is 14.8 Å². The van der Waals surface area contributed by atoms with Crippen molar-refractivity contribution in [2.24, 2.45) is 5.92 Å². The first-order valence-electron chi connectivity index (χ1n) is 6.82. The summed E-state index contributed by atoms with van der Waals surface area (Å²) in [5, 5.41) is 17.7. The van der Waals surface area contributed by atoms with Gasteiger partial charge in [-0.1, -0.05) is 0 Å².